The number of halogens is 1. The zero-order valence-electron chi connectivity index (χ0n) is 13.8. The highest BCUT2D eigenvalue weighted by Gasteiger charge is 2.14. The van der Waals surface area contributed by atoms with Crippen molar-refractivity contribution >= 4 is 29.1 Å². The molecule has 1 aromatic heterocycles. The number of aryl methyl sites for hydroxylation is 2. The smallest absolute Gasteiger partial charge is 0.253 e. The van der Waals surface area contributed by atoms with E-state index in [1.54, 1.807) is 29.1 Å². The van der Waals surface area contributed by atoms with Crippen LogP contribution in [0.1, 0.15) is 35.7 Å². The first-order valence-electron chi connectivity index (χ1n) is 7.86. The highest BCUT2D eigenvalue weighted by molar-refractivity contribution is 6.31. The summed E-state index contributed by atoms with van der Waals surface area (Å²) in [7, 11) is 0. The van der Waals surface area contributed by atoms with Crippen LogP contribution in [0.5, 0.6) is 0 Å². The summed E-state index contributed by atoms with van der Waals surface area (Å²) in [6, 6.07) is 4.82. The van der Waals surface area contributed by atoms with Crippen LogP contribution < -0.4 is 10.6 Å². The molecule has 2 aromatic rings. The Balaban J connectivity index is 2.03. The fraction of sp³-hybridized carbons (Fsp3) is 0.353. The molecule has 2 N–H and O–H groups in total. The number of rotatable bonds is 7. The van der Waals surface area contributed by atoms with E-state index in [0.29, 0.717) is 29.4 Å². The highest BCUT2D eigenvalue weighted by atomic mass is 35.5. The maximum absolute atomic E-state index is 12.2. The van der Waals surface area contributed by atoms with Crippen LogP contribution in [0.2, 0.25) is 5.02 Å². The Bertz CT molecular complexity index is 727. The molecule has 0 fully saturated rings. The van der Waals surface area contributed by atoms with Crippen molar-refractivity contribution < 1.29 is 9.59 Å². The van der Waals surface area contributed by atoms with E-state index < -0.39 is 0 Å². The lowest BCUT2D eigenvalue weighted by molar-refractivity contribution is -0.116. The Kier molecular flexibility index (Phi) is 6.37. The second-order valence-corrected chi connectivity index (χ2v) is 5.96. The number of hydrogen-bond acceptors (Lipinski definition) is 3. The molecule has 1 heterocycles. The minimum atomic E-state index is -0.230. The van der Waals surface area contributed by atoms with Crippen LogP contribution in [0.25, 0.3) is 0 Å². The number of amides is 2. The monoisotopic (exact) mass is 348 g/mol. The molecule has 0 atom stereocenters. The molecular weight excluding hydrogens is 328 g/mol. The summed E-state index contributed by atoms with van der Waals surface area (Å²) >= 11 is 5.99. The van der Waals surface area contributed by atoms with E-state index in [9.17, 15) is 9.59 Å². The van der Waals surface area contributed by atoms with Crippen molar-refractivity contribution in [2.45, 2.75) is 33.2 Å². The molecule has 7 heteroatoms. The normalized spacial score (nSPS) is 10.5. The number of aromatic nitrogens is 2. The van der Waals surface area contributed by atoms with Gasteiger partial charge in [-0.15, -0.1) is 0 Å². The van der Waals surface area contributed by atoms with E-state index in [0.717, 1.165) is 12.0 Å². The molecule has 0 radical (unpaired) electrons. The standard InChI is InChI=1S/C17H21ClN4O2/c1-3-7-19-17(24)14-5-4-13(18)9-15(14)21-16(23)6-8-22-11-12(2)10-20-22/h4-5,9-11H,3,6-8H2,1-2H3,(H,19,24)(H,21,23). The Labute approximate surface area is 146 Å². The third-order valence-electron chi connectivity index (χ3n) is 3.37. The van der Waals surface area contributed by atoms with E-state index in [4.69, 9.17) is 11.6 Å². The third kappa shape index (κ3) is 5.09. The van der Waals surface area contributed by atoms with Crippen LogP contribution in [-0.4, -0.2) is 28.1 Å². The number of hydrogen-bond donors (Lipinski definition) is 2. The predicted octanol–water partition coefficient (Wildman–Crippen LogP) is 3.01. The Hall–Kier alpha value is -2.34. The van der Waals surface area contributed by atoms with E-state index in [1.807, 2.05) is 20.0 Å². The van der Waals surface area contributed by atoms with Gasteiger partial charge in [-0.05, 0) is 37.1 Å². The Morgan fingerprint density at radius 1 is 1.33 bits per heavy atom. The first-order valence-corrected chi connectivity index (χ1v) is 8.24. The average molecular weight is 349 g/mol. The average Bonchev–Trinajstić information content (AvgIpc) is 2.96. The Morgan fingerprint density at radius 2 is 2.12 bits per heavy atom. The molecule has 0 aliphatic heterocycles. The van der Waals surface area contributed by atoms with Gasteiger partial charge in [-0.25, -0.2) is 0 Å². The topological polar surface area (TPSA) is 76.0 Å². The van der Waals surface area contributed by atoms with Crippen LogP contribution in [0.15, 0.2) is 30.6 Å². The van der Waals surface area contributed by atoms with Crippen LogP contribution in [-0.2, 0) is 11.3 Å². The summed E-state index contributed by atoms with van der Waals surface area (Å²) in [5, 5.41) is 10.2. The van der Waals surface area contributed by atoms with Crippen LogP contribution in [0.3, 0.4) is 0 Å². The maximum Gasteiger partial charge on any atom is 0.253 e. The van der Waals surface area contributed by atoms with Gasteiger partial charge in [0.1, 0.15) is 0 Å². The van der Waals surface area contributed by atoms with Gasteiger partial charge in [0.05, 0.1) is 17.4 Å². The van der Waals surface area contributed by atoms with Crippen molar-refractivity contribution in [3.05, 3.63) is 46.7 Å². The van der Waals surface area contributed by atoms with Gasteiger partial charge in [-0.1, -0.05) is 18.5 Å². The molecule has 128 valence electrons. The lowest BCUT2D eigenvalue weighted by Crippen LogP contribution is -2.26. The molecule has 0 aliphatic carbocycles. The molecule has 2 rings (SSSR count). The lowest BCUT2D eigenvalue weighted by Gasteiger charge is -2.12. The van der Waals surface area contributed by atoms with Gasteiger partial charge in [-0.3, -0.25) is 14.3 Å². The zero-order chi connectivity index (χ0) is 17.5. The fourth-order valence-electron chi connectivity index (χ4n) is 2.17. The summed E-state index contributed by atoms with van der Waals surface area (Å²) in [6.07, 6.45) is 4.70. The van der Waals surface area contributed by atoms with Crippen molar-refractivity contribution in [1.82, 2.24) is 15.1 Å². The van der Waals surface area contributed by atoms with Gasteiger partial charge in [-0.2, -0.15) is 5.10 Å². The molecule has 1 aromatic carbocycles. The minimum absolute atomic E-state index is 0.199. The molecule has 24 heavy (non-hydrogen) atoms. The number of nitrogens with zero attached hydrogens (tertiary/aromatic N) is 2. The second-order valence-electron chi connectivity index (χ2n) is 5.52. The van der Waals surface area contributed by atoms with Gasteiger partial charge >= 0.3 is 0 Å². The summed E-state index contributed by atoms with van der Waals surface area (Å²) in [5.41, 5.74) is 1.86. The van der Waals surface area contributed by atoms with E-state index in [2.05, 4.69) is 15.7 Å². The quantitative estimate of drug-likeness (QED) is 0.807. The van der Waals surface area contributed by atoms with Crippen molar-refractivity contribution in [2.24, 2.45) is 0 Å². The molecule has 0 bridgehead atoms. The Morgan fingerprint density at radius 3 is 2.79 bits per heavy atom. The van der Waals surface area contributed by atoms with Gasteiger partial charge in [0.25, 0.3) is 5.91 Å². The predicted molar refractivity (Wildman–Crippen MR) is 94.3 cm³/mol. The fourth-order valence-corrected chi connectivity index (χ4v) is 2.34. The van der Waals surface area contributed by atoms with Crippen LogP contribution in [0, 0.1) is 6.92 Å². The highest BCUT2D eigenvalue weighted by Crippen LogP contribution is 2.21. The largest absolute Gasteiger partial charge is 0.352 e. The molecule has 0 saturated heterocycles. The third-order valence-corrected chi connectivity index (χ3v) is 3.60. The molecule has 0 spiro atoms. The minimum Gasteiger partial charge on any atom is -0.352 e. The van der Waals surface area contributed by atoms with Gasteiger partial charge in [0.15, 0.2) is 0 Å². The first kappa shape index (κ1) is 18.0. The van der Waals surface area contributed by atoms with Gasteiger partial charge in [0.2, 0.25) is 5.91 Å². The molecule has 0 saturated carbocycles. The molecular formula is C17H21ClN4O2. The summed E-state index contributed by atoms with van der Waals surface area (Å²) in [4.78, 5) is 24.3. The summed E-state index contributed by atoms with van der Waals surface area (Å²) in [6.45, 7) is 4.96. The van der Waals surface area contributed by atoms with Gasteiger partial charge in [0, 0.05) is 30.7 Å². The number of benzene rings is 1. The number of nitrogens with one attached hydrogen (secondary N) is 2. The number of carbonyl (C=O) groups is 2. The van der Waals surface area contributed by atoms with Crippen molar-refractivity contribution in [3.63, 3.8) is 0 Å². The van der Waals surface area contributed by atoms with Crippen LogP contribution in [0.4, 0.5) is 5.69 Å². The van der Waals surface area contributed by atoms with E-state index in [1.165, 1.54) is 0 Å². The molecule has 2 amide bonds. The van der Waals surface area contributed by atoms with Crippen molar-refractivity contribution in [1.29, 1.82) is 0 Å². The second kappa shape index (κ2) is 8.49. The summed E-state index contributed by atoms with van der Waals surface area (Å²) < 4.78 is 1.71. The molecule has 0 aliphatic rings. The first-order chi connectivity index (χ1) is 11.5. The SMILES string of the molecule is CCCNC(=O)c1ccc(Cl)cc1NC(=O)CCn1cc(C)cn1. The molecule has 6 nitrogen and oxygen atoms in total. The van der Waals surface area contributed by atoms with Gasteiger partial charge < -0.3 is 10.6 Å². The summed E-state index contributed by atoms with van der Waals surface area (Å²) in [5.74, 6) is -0.429. The zero-order valence-corrected chi connectivity index (χ0v) is 14.6. The maximum atomic E-state index is 12.2. The van der Waals surface area contributed by atoms with Crippen molar-refractivity contribution in [2.75, 3.05) is 11.9 Å². The molecule has 0 unspecified atom stereocenters. The van der Waals surface area contributed by atoms with Crippen molar-refractivity contribution in [3.8, 4) is 0 Å². The lowest BCUT2D eigenvalue weighted by atomic mass is 10.1. The van der Waals surface area contributed by atoms with E-state index >= 15 is 0 Å². The van der Waals surface area contributed by atoms with Crippen LogP contribution >= 0.6 is 11.6 Å². The number of carbonyl (C=O) groups excluding carboxylic acids is 2. The number of anilines is 1. The van der Waals surface area contributed by atoms with E-state index in [-0.39, 0.29) is 18.2 Å².